The molecular weight excluding hydrogens is 206 g/mol. The summed E-state index contributed by atoms with van der Waals surface area (Å²) in [4.78, 5) is 0. The Bertz CT molecular complexity index is 326. The Balaban J connectivity index is 0.00000196. The Morgan fingerprint density at radius 3 is 2.00 bits per heavy atom. The first-order chi connectivity index (χ1) is 6.32. The zero-order valence-corrected chi connectivity index (χ0v) is 11.2. The van der Waals surface area contributed by atoms with Crippen molar-refractivity contribution in [3.05, 3.63) is 34.9 Å². The first kappa shape index (κ1) is 14.5. The standard InChI is InChI=1S/C13H21N.ClH/c1-9-6-7-11(8-10(9)2)12(14)13(3,4)5;/h6-8,12H,14H2,1-5H3;1H. The SMILES string of the molecule is Cc1ccc(C([NH3+])C(C)(C)C)cc1C.[Cl-]. The molecule has 2 heteroatoms. The van der Waals surface area contributed by atoms with Crippen LogP contribution in [0.4, 0.5) is 0 Å². The third-order valence-electron chi connectivity index (χ3n) is 2.98. The van der Waals surface area contributed by atoms with Crippen LogP contribution < -0.4 is 18.1 Å². The second-order valence-electron chi connectivity index (χ2n) is 5.26. The Labute approximate surface area is 99.5 Å². The third-order valence-corrected chi connectivity index (χ3v) is 2.98. The molecule has 0 fully saturated rings. The average Bonchev–Trinajstić information content (AvgIpc) is 2.07. The summed E-state index contributed by atoms with van der Waals surface area (Å²) in [6.45, 7) is 11.0. The van der Waals surface area contributed by atoms with Crippen molar-refractivity contribution in [1.82, 2.24) is 0 Å². The first-order valence-corrected chi connectivity index (χ1v) is 5.22. The molecule has 1 nitrogen and oxygen atoms in total. The van der Waals surface area contributed by atoms with Gasteiger partial charge in [-0.05, 0) is 31.0 Å². The maximum Gasteiger partial charge on any atom is 0.115 e. The summed E-state index contributed by atoms with van der Waals surface area (Å²) >= 11 is 0. The van der Waals surface area contributed by atoms with E-state index in [0.717, 1.165) is 0 Å². The van der Waals surface area contributed by atoms with Crippen LogP contribution in [-0.2, 0) is 0 Å². The van der Waals surface area contributed by atoms with Gasteiger partial charge in [0, 0.05) is 11.0 Å². The minimum absolute atomic E-state index is 0. The minimum Gasteiger partial charge on any atom is -1.00 e. The number of rotatable bonds is 1. The largest absolute Gasteiger partial charge is 1.00 e. The highest BCUT2D eigenvalue weighted by Gasteiger charge is 2.25. The predicted molar refractivity (Wildman–Crippen MR) is 61.0 cm³/mol. The molecule has 0 aliphatic carbocycles. The van der Waals surface area contributed by atoms with Gasteiger partial charge in [0.15, 0.2) is 0 Å². The molecule has 0 heterocycles. The first-order valence-electron chi connectivity index (χ1n) is 5.22. The highest BCUT2D eigenvalue weighted by molar-refractivity contribution is 5.31. The minimum atomic E-state index is 0. The normalized spacial score (nSPS) is 13.2. The van der Waals surface area contributed by atoms with Gasteiger partial charge in [-0.15, -0.1) is 0 Å². The Kier molecular flexibility index (Phi) is 4.82. The lowest BCUT2D eigenvalue weighted by molar-refractivity contribution is -0.450. The molecule has 0 amide bonds. The molecule has 1 aromatic carbocycles. The van der Waals surface area contributed by atoms with Crippen molar-refractivity contribution in [2.24, 2.45) is 5.41 Å². The molecular formula is C13H22ClN. The average molecular weight is 228 g/mol. The quantitative estimate of drug-likeness (QED) is 0.679. The molecule has 0 spiro atoms. The van der Waals surface area contributed by atoms with Gasteiger partial charge in [0.2, 0.25) is 0 Å². The van der Waals surface area contributed by atoms with Gasteiger partial charge >= 0.3 is 0 Å². The molecule has 0 aromatic heterocycles. The number of hydrogen-bond acceptors (Lipinski definition) is 0. The van der Waals surface area contributed by atoms with Crippen molar-refractivity contribution < 1.29 is 18.1 Å². The van der Waals surface area contributed by atoms with Crippen LogP contribution in [0, 0.1) is 19.3 Å². The molecule has 0 aliphatic rings. The van der Waals surface area contributed by atoms with Crippen LogP contribution in [-0.4, -0.2) is 0 Å². The molecule has 1 aromatic rings. The van der Waals surface area contributed by atoms with Gasteiger partial charge in [-0.3, -0.25) is 0 Å². The van der Waals surface area contributed by atoms with E-state index in [1.165, 1.54) is 16.7 Å². The van der Waals surface area contributed by atoms with Gasteiger partial charge < -0.3 is 18.1 Å². The van der Waals surface area contributed by atoms with Gasteiger partial charge in [-0.25, -0.2) is 0 Å². The molecule has 0 saturated carbocycles. The summed E-state index contributed by atoms with van der Waals surface area (Å²) < 4.78 is 0. The Morgan fingerprint density at radius 2 is 1.60 bits per heavy atom. The number of halogens is 1. The smallest absolute Gasteiger partial charge is 0.115 e. The molecule has 0 bridgehead atoms. The van der Waals surface area contributed by atoms with E-state index in [0.29, 0.717) is 6.04 Å². The van der Waals surface area contributed by atoms with E-state index >= 15 is 0 Å². The van der Waals surface area contributed by atoms with Gasteiger partial charge in [0.05, 0.1) is 0 Å². The fraction of sp³-hybridized carbons (Fsp3) is 0.538. The summed E-state index contributed by atoms with van der Waals surface area (Å²) in [5, 5.41) is 0. The number of benzene rings is 1. The van der Waals surface area contributed by atoms with Crippen LogP contribution in [0.3, 0.4) is 0 Å². The zero-order chi connectivity index (χ0) is 10.9. The van der Waals surface area contributed by atoms with Crippen molar-refractivity contribution in [1.29, 1.82) is 0 Å². The van der Waals surface area contributed by atoms with E-state index in [-0.39, 0.29) is 17.8 Å². The lowest BCUT2D eigenvalue weighted by atomic mass is 9.82. The van der Waals surface area contributed by atoms with E-state index in [9.17, 15) is 0 Å². The number of hydrogen-bond donors (Lipinski definition) is 1. The summed E-state index contributed by atoms with van der Waals surface area (Å²) in [5.41, 5.74) is 8.55. The van der Waals surface area contributed by atoms with E-state index in [1.807, 2.05) is 0 Å². The van der Waals surface area contributed by atoms with E-state index in [1.54, 1.807) is 0 Å². The van der Waals surface area contributed by atoms with Gasteiger partial charge in [0.1, 0.15) is 6.04 Å². The zero-order valence-electron chi connectivity index (χ0n) is 10.4. The molecule has 15 heavy (non-hydrogen) atoms. The van der Waals surface area contributed by atoms with Crippen molar-refractivity contribution in [2.75, 3.05) is 0 Å². The Hall–Kier alpha value is -0.530. The molecule has 1 unspecified atom stereocenters. The molecule has 0 radical (unpaired) electrons. The summed E-state index contributed by atoms with van der Waals surface area (Å²) in [7, 11) is 0. The van der Waals surface area contributed by atoms with E-state index in [4.69, 9.17) is 0 Å². The maximum atomic E-state index is 4.25. The summed E-state index contributed by atoms with van der Waals surface area (Å²) in [6, 6.07) is 7.01. The lowest BCUT2D eigenvalue weighted by Crippen LogP contribution is -3.00. The highest BCUT2D eigenvalue weighted by atomic mass is 35.5. The number of aryl methyl sites for hydroxylation is 2. The van der Waals surface area contributed by atoms with Crippen molar-refractivity contribution in [2.45, 2.75) is 40.7 Å². The molecule has 0 aliphatic heterocycles. The van der Waals surface area contributed by atoms with Crippen LogP contribution in [0.2, 0.25) is 0 Å². The van der Waals surface area contributed by atoms with Crippen LogP contribution >= 0.6 is 0 Å². The fourth-order valence-electron chi connectivity index (χ4n) is 1.48. The van der Waals surface area contributed by atoms with Crippen LogP contribution in [0.1, 0.15) is 43.5 Å². The van der Waals surface area contributed by atoms with Crippen molar-refractivity contribution >= 4 is 0 Å². The fourth-order valence-corrected chi connectivity index (χ4v) is 1.48. The molecule has 1 atom stereocenters. The van der Waals surface area contributed by atoms with Gasteiger partial charge in [0.25, 0.3) is 0 Å². The summed E-state index contributed by atoms with van der Waals surface area (Å²) in [6.07, 6.45) is 0. The number of quaternary nitrogens is 1. The predicted octanol–water partition coefficient (Wildman–Crippen LogP) is -0.363. The molecule has 0 saturated heterocycles. The van der Waals surface area contributed by atoms with Gasteiger partial charge in [-0.2, -0.15) is 0 Å². The van der Waals surface area contributed by atoms with Crippen molar-refractivity contribution in [3.63, 3.8) is 0 Å². The molecule has 3 N–H and O–H groups in total. The second-order valence-corrected chi connectivity index (χ2v) is 5.26. The van der Waals surface area contributed by atoms with E-state index in [2.05, 4.69) is 58.6 Å². The topological polar surface area (TPSA) is 27.6 Å². The van der Waals surface area contributed by atoms with Gasteiger partial charge in [-0.1, -0.05) is 32.9 Å². The van der Waals surface area contributed by atoms with Crippen LogP contribution in [0.25, 0.3) is 0 Å². The second kappa shape index (κ2) is 5.00. The summed E-state index contributed by atoms with van der Waals surface area (Å²) in [5.74, 6) is 0. The van der Waals surface area contributed by atoms with E-state index < -0.39 is 0 Å². The monoisotopic (exact) mass is 227 g/mol. The Morgan fingerprint density at radius 1 is 1.07 bits per heavy atom. The van der Waals surface area contributed by atoms with Crippen molar-refractivity contribution in [3.8, 4) is 0 Å². The lowest BCUT2D eigenvalue weighted by Gasteiger charge is -2.24. The molecule has 1 rings (SSSR count). The third kappa shape index (κ3) is 3.51. The molecule has 86 valence electrons. The maximum absolute atomic E-state index is 4.25. The highest BCUT2D eigenvalue weighted by Crippen LogP contribution is 2.29. The van der Waals surface area contributed by atoms with Crippen LogP contribution in [0.5, 0.6) is 0 Å². The van der Waals surface area contributed by atoms with Crippen LogP contribution in [0.15, 0.2) is 18.2 Å².